The van der Waals surface area contributed by atoms with Crippen LogP contribution < -0.4 is 4.74 Å². The molecule has 1 aromatic rings. The topological polar surface area (TPSA) is 53.3 Å². The Balaban J connectivity index is 1.82. The van der Waals surface area contributed by atoms with Gasteiger partial charge in [-0.3, -0.25) is 4.79 Å². The van der Waals surface area contributed by atoms with E-state index >= 15 is 0 Å². The van der Waals surface area contributed by atoms with Crippen molar-refractivity contribution in [3.8, 4) is 11.8 Å². The number of nitrogens with zero attached hydrogens (tertiary/aromatic N) is 2. The highest BCUT2D eigenvalue weighted by molar-refractivity contribution is 6.32. The molecular weight excluding hydrogens is 252 g/mol. The summed E-state index contributed by atoms with van der Waals surface area (Å²) >= 11 is 5.95. The first kappa shape index (κ1) is 12.7. The summed E-state index contributed by atoms with van der Waals surface area (Å²) in [7, 11) is 0. The molecule has 2 rings (SSSR count). The number of benzene rings is 1. The summed E-state index contributed by atoms with van der Waals surface area (Å²) in [6.07, 6.45) is 0.322. The maximum Gasteiger partial charge on any atom is 0.224 e. The molecule has 1 aliphatic rings. The van der Waals surface area contributed by atoms with Crippen molar-refractivity contribution in [2.75, 3.05) is 19.7 Å². The molecule has 1 saturated heterocycles. The molecule has 0 spiro atoms. The number of ether oxygens (including phenoxy) is 1. The van der Waals surface area contributed by atoms with Crippen molar-refractivity contribution in [1.82, 2.24) is 4.90 Å². The maximum atomic E-state index is 11.5. The Labute approximate surface area is 111 Å². The highest BCUT2D eigenvalue weighted by Crippen LogP contribution is 2.23. The van der Waals surface area contributed by atoms with Crippen LogP contribution in [0.2, 0.25) is 5.02 Å². The zero-order chi connectivity index (χ0) is 13.0. The number of hydrogen-bond donors (Lipinski definition) is 0. The number of amides is 1. The van der Waals surface area contributed by atoms with Gasteiger partial charge in [0.25, 0.3) is 0 Å². The van der Waals surface area contributed by atoms with Crippen LogP contribution in [0, 0.1) is 17.2 Å². The fourth-order valence-corrected chi connectivity index (χ4v) is 2.09. The number of carbonyl (C=O) groups excluding carboxylic acids is 1. The largest absolute Gasteiger partial charge is 0.490 e. The van der Waals surface area contributed by atoms with E-state index in [0.29, 0.717) is 36.9 Å². The molecule has 1 aromatic carbocycles. The third-order valence-corrected chi connectivity index (χ3v) is 3.16. The van der Waals surface area contributed by atoms with Gasteiger partial charge in [-0.2, -0.15) is 5.26 Å². The SMILES string of the molecule is N#CC1CC(=O)N(CCOc2ccccc2Cl)C1. The monoisotopic (exact) mass is 264 g/mol. The smallest absolute Gasteiger partial charge is 0.224 e. The standard InChI is InChI=1S/C13H13ClN2O2/c14-11-3-1-2-4-12(11)18-6-5-16-9-10(8-15)7-13(16)17/h1-4,10H,5-7,9H2. The van der Waals surface area contributed by atoms with Crippen molar-refractivity contribution >= 4 is 17.5 Å². The quantitative estimate of drug-likeness (QED) is 0.837. The molecule has 1 atom stereocenters. The average molecular weight is 265 g/mol. The van der Waals surface area contributed by atoms with Gasteiger partial charge < -0.3 is 9.64 Å². The fourth-order valence-electron chi connectivity index (χ4n) is 1.90. The molecular formula is C13H13ClN2O2. The van der Waals surface area contributed by atoms with Gasteiger partial charge in [0.1, 0.15) is 12.4 Å². The summed E-state index contributed by atoms with van der Waals surface area (Å²) in [4.78, 5) is 13.2. The molecule has 0 bridgehead atoms. The van der Waals surface area contributed by atoms with Crippen LogP contribution in [-0.2, 0) is 4.79 Å². The lowest BCUT2D eigenvalue weighted by Crippen LogP contribution is -2.29. The lowest BCUT2D eigenvalue weighted by atomic mass is 10.1. The molecule has 4 nitrogen and oxygen atoms in total. The van der Waals surface area contributed by atoms with Crippen LogP contribution in [0.15, 0.2) is 24.3 Å². The molecule has 0 N–H and O–H groups in total. The van der Waals surface area contributed by atoms with E-state index in [1.165, 1.54) is 0 Å². The van der Waals surface area contributed by atoms with Crippen LogP contribution in [-0.4, -0.2) is 30.5 Å². The zero-order valence-corrected chi connectivity index (χ0v) is 10.6. The van der Waals surface area contributed by atoms with E-state index in [2.05, 4.69) is 6.07 Å². The van der Waals surface area contributed by atoms with Gasteiger partial charge in [-0.1, -0.05) is 23.7 Å². The molecule has 5 heteroatoms. The van der Waals surface area contributed by atoms with E-state index < -0.39 is 0 Å². The average Bonchev–Trinajstić information content (AvgIpc) is 2.73. The van der Waals surface area contributed by atoms with E-state index in [1.807, 2.05) is 12.1 Å². The predicted octanol–water partition coefficient (Wildman–Crippen LogP) is 2.09. The minimum absolute atomic E-state index is 0.0179. The van der Waals surface area contributed by atoms with Gasteiger partial charge in [-0.25, -0.2) is 0 Å². The van der Waals surface area contributed by atoms with Gasteiger partial charge in [0.15, 0.2) is 0 Å². The van der Waals surface area contributed by atoms with Gasteiger partial charge in [0.05, 0.1) is 23.6 Å². The third kappa shape index (κ3) is 2.93. The molecule has 94 valence electrons. The lowest BCUT2D eigenvalue weighted by molar-refractivity contribution is -0.128. The van der Waals surface area contributed by atoms with E-state index in [4.69, 9.17) is 21.6 Å². The molecule has 1 fully saturated rings. The normalized spacial score (nSPS) is 18.8. The van der Waals surface area contributed by atoms with Crippen LogP contribution in [0.25, 0.3) is 0 Å². The van der Waals surface area contributed by atoms with Gasteiger partial charge in [0, 0.05) is 13.0 Å². The van der Waals surface area contributed by atoms with Gasteiger partial charge in [0.2, 0.25) is 5.91 Å². The van der Waals surface area contributed by atoms with Gasteiger partial charge >= 0.3 is 0 Å². The number of para-hydroxylation sites is 1. The highest BCUT2D eigenvalue weighted by atomic mass is 35.5. The zero-order valence-electron chi connectivity index (χ0n) is 9.80. The fraction of sp³-hybridized carbons (Fsp3) is 0.385. The Kier molecular flexibility index (Phi) is 4.06. The van der Waals surface area contributed by atoms with Crippen LogP contribution >= 0.6 is 11.6 Å². The Bertz CT molecular complexity index is 484. The van der Waals surface area contributed by atoms with E-state index in [9.17, 15) is 4.79 Å². The minimum atomic E-state index is -0.183. The molecule has 1 heterocycles. The number of hydrogen-bond acceptors (Lipinski definition) is 3. The van der Waals surface area contributed by atoms with E-state index in [0.717, 1.165) is 0 Å². The van der Waals surface area contributed by atoms with Crippen LogP contribution in [0.3, 0.4) is 0 Å². The van der Waals surface area contributed by atoms with Crippen molar-refractivity contribution < 1.29 is 9.53 Å². The van der Waals surface area contributed by atoms with Crippen molar-refractivity contribution in [2.45, 2.75) is 6.42 Å². The number of likely N-dealkylation sites (tertiary alicyclic amines) is 1. The van der Waals surface area contributed by atoms with Crippen molar-refractivity contribution in [3.63, 3.8) is 0 Å². The molecule has 0 aliphatic carbocycles. The number of nitriles is 1. The molecule has 1 unspecified atom stereocenters. The summed E-state index contributed by atoms with van der Waals surface area (Å²) in [6, 6.07) is 9.33. The third-order valence-electron chi connectivity index (χ3n) is 2.85. The van der Waals surface area contributed by atoms with Gasteiger partial charge in [-0.05, 0) is 12.1 Å². The van der Waals surface area contributed by atoms with Crippen LogP contribution in [0.1, 0.15) is 6.42 Å². The summed E-state index contributed by atoms with van der Waals surface area (Å²) in [5.74, 6) is 0.449. The molecule has 0 saturated carbocycles. The van der Waals surface area contributed by atoms with Crippen molar-refractivity contribution in [2.24, 2.45) is 5.92 Å². The van der Waals surface area contributed by atoms with Crippen molar-refractivity contribution in [1.29, 1.82) is 5.26 Å². The molecule has 1 amide bonds. The molecule has 0 aromatic heterocycles. The summed E-state index contributed by atoms with van der Waals surface area (Å²) in [6.45, 7) is 1.37. The Morgan fingerprint density at radius 2 is 2.28 bits per heavy atom. The number of rotatable bonds is 4. The number of carbonyl (C=O) groups is 1. The summed E-state index contributed by atoms with van der Waals surface area (Å²) in [5.41, 5.74) is 0. The first-order valence-corrected chi connectivity index (χ1v) is 6.13. The Hall–Kier alpha value is -1.73. The Morgan fingerprint density at radius 3 is 2.94 bits per heavy atom. The molecule has 18 heavy (non-hydrogen) atoms. The predicted molar refractivity (Wildman–Crippen MR) is 67.2 cm³/mol. The van der Waals surface area contributed by atoms with Crippen LogP contribution in [0.5, 0.6) is 5.75 Å². The van der Waals surface area contributed by atoms with Crippen molar-refractivity contribution in [3.05, 3.63) is 29.3 Å². The van der Waals surface area contributed by atoms with Gasteiger partial charge in [-0.15, -0.1) is 0 Å². The van der Waals surface area contributed by atoms with Crippen LogP contribution in [0.4, 0.5) is 0 Å². The van der Waals surface area contributed by atoms with E-state index in [1.54, 1.807) is 17.0 Å². The summed E-state index contributed by atoms with van der Waals surface area (Å²) < 4.78 is 5.51. The lowest BCUT2D eigenvalue weighted by Gasteiger charge is -2.16. The summed E-state index contributed by atoms with van der Waals surface area (Å²) in [5, 5.41) is 9.32. The second-order valence-corrected chi connectivity index (χ2v) is 4.56. The molecule has 1 aliphatic heterocycles. The minimum Gasteiger partial charge on any atom is -0.490 e. The second kappa shape index (κ2) is 5.74. The van der Waals surface area contributed by atoms with E-state index in [-0.39, 0.29) is 11.8 Å². The first-order chi connectivity index (χ1) is 8.70. The first-order valence-electron chi connectivity index (χ1n) is 5.75. The second-order valence-electron chi connectivity index (χ2n) is 4.15. The highest BCUT2D eigenvalue weighted by Gasteiger charge is 2.28. The Morgan fingerprint density at radius 1 is 1.50 bits per heavy atom. The molecule has 0 radical (unpaired) electrons. The number of halogens is 1. The maximum absolute atomic E-state index is 11.5.